The van der Waals surface area contributed by atoms with Crippen molar-refractivity contribution in [3.8, 4) is 28.7 Å². The lowest BCUT2D eigenvalue weighted by Crippen LogP contribution is -2.37. The number of morpholine rings is 1. The van der Waals surface area contributed by atoms with Crippen molar-refractivity contribution >= 4 is 45.5 Å². The summed E-state index contributed by atoms with van der Waals surface area (Å²) >= 11 is 12.7. The van der Waals surface area contributed by atoms with Crippen molar-refractivity contribution in [2.45, 2.75) is 6.42 Å². The number of hydrogen-bond donors (Lipinski definition) is 1. The number of hydrogen-bond acceptors (Lipinski definition) is 7. The number of nitrogens with one attached hydrogen (secondary N) is 1. The van der Waals surface area contributed by atoms with Crippen molar-refractivity contribution in [1.29, 1.82) is 5.26 Å². The first-order valence-electron chi connectivity index (χ1n) is 12.6. The van der Waals surface area contributed by atoms with Gasteiger partial charge in [0.1, 0.15) is 17.3 Å². The zero-order valence-electron chi connectivity index (χ0n) is 21.8. The second-order valence-corrected chi connectivity index (χ2v) is 10.0. The van der Waals surface area contributed by atoms with Crippen LogP contribution in [0.1, 0.15) is 11.1 Å². The van der Waals surface area contributed by atoms with Gasteiger partial charge in [0.25, 0.3) is 0 Å². The van der Waals surface area contributed by atoms with Crippen molar-refractivity contribution in [3.63, 3.8) is 0 Å². The average molecular weight is 563 g/mol. The largest absolute Gasteiger partial charge is 0.495 e. The Bertz CT molecular complexity index is 1550. The highest BCUT2D eigenvalue weighted by atomic mass is 35.5. The van der Waals surface area contributed by atoms with Crippen LogP contribution in [0.5, 0.6) is 11.5 Å². The van der Waals surface area contributed by atoms with Crippen molar-refractivity contribution in [2.75, 3.05) is 52.4 Å². The van der Waals surface area contributed by atoms with Gasteiger partial charge in [-0.15, -0.1) is 0 Å². The molecule has 5 rings (SSSR count). The van der Waals surface area contributed by atoms with Crippen LogP contribution in [0.3, 0.4) is 0 Å². The predicted molar refractivity (Wildman–Crippen MR) is 156 cm³/mol. The fraction of sp³-hybridized carbons (Fsp3) is 0.267. The standard InChI is InChI=1S/C30H28Cl2N4O3/c1-37-27-16-26(24(31)15-25(27)32)35-28-21(17-33)18-34-29-23(28)7-6-22(30(29)38-2)20-5-3-4-19(14-20)8-9-36-10-12-39-13-11-36/h3-7,14-16,18H,8-13H2,1-2H3,(H,34,35). The Morgan fingerprint density at radius 2 is 1.87 bits per heavy atom. The van der Waals surface area contributed by atoms with E-state index in [1.807, 2.05) is 12.1 Å². The number of ether oxygens (including phenoxy) is 3. The highest BCUT2D eigenvalue weighted by Crippen LogP contribution is 2.42. The Hall–Kier alpha value is -3.54. The van der Waals surface area contributed by atoms with E-state index in [1.54, 1.807) is 19.2 Å². The molecule has 1 N–H and O–H groups in total. The first kappa shape index (κ1) is 27.0. The normalized spacial score (nSPS) is 13.7. The van der Waals surface area contributed by atoms with Gasteiger partial charge in [-0.1, -0.05) is 47.5 Å². The molecule has 1 aliphatic heterocycles. The van der Waals surface area contributed by atoms with E-state index in [1.165, 1.54) is 18.9 Å². The molecule has 1 aromatic heterocycles. The molecule has 0 amide bonds. The number of anilines is 2. The number of nitriles is 1. The molecule has 4 aromatic rings. The number of fused-ring (bicyclic) bond motifs is 1. The molecule has 0 spiro atoms. The van der Waals surface area contributed by atoms with Crippen LogP contribution < -0.4 is 14.8 Å². The van der Waals surface area contributed by atoms with Crippen molar-refractivity contribution in [2.24, 2.45) is 0 Å². The van der Waals surface area contributed by atoms with Gasteiger partial charge >= 0.3 is 0 Å². The van der Waals surface area contributed by atoms with Crippen LogP contribution in [0.15, 0.2) is 54.7 Å². The number of methoxy groups -OCH3 is 2. The molecule has 1 saturated heterocycles. The fourth-order valence-electron chi connectivity index (χ4n) is 4.82. The quantitative estimate of drug-likeness (QED) is 0.255. The Kier molecular flexibility index (Phi) is 8.39. The molecule has 0 unspecified atom stereocenters. The SMILES string of the molecule is COc1cc(Nc2c(C#N)cnc3c(OC)c(-c4cccc(CCN5CCOCC5)c4)ccc23)c(Cl)cc1Cl. The lowest BCUT2D eigenvalue weighted by molar-refractivity contribution is 0.0384. The highest BCUT2D eigenvalue weighted by molar-refractivity contribution is 6.37. The molecule has 9 heteroatoms. The van der Waals surface area contributed by atoms with Crippen LogP contribution in [0.2, 0.25) is 10.0 Å². The number of halogens is 2. The van der Waals surface area contributed by atoms with Gasteiger partial charge in [-0.05, 0) is 35.7 Å². The third-order valence-corrected chi connectivity index (χ3v) is 7.49. The average Bonchev–Trinajstić information content (AvgIpc) is 2.97. The summed E-state index contributed by atoms with van der Waals surface area (Å²) in [6.45, 7) is 4.53. The van der Waals surface area contributed by atoms with Gasteiger partial charge in [0.05, 0.1) is 54.4 Å². The molecule has 0 saturated carbocycles. The molecular weight excluding hydrogens is 535 g/mol. The lowest BCUT2D eigenvalue weighted by atomic mass is 9.98. The molecule has 200 valence electrons. The van der Waals surface area contributed by atoms with E-state index < -0.39 is 0 Å². The number of benzene rings is 3. The van der Waals surface area contributed by atoms with Gasteiger partial charge in [0, 0.05) is 42.8 Å². The van der Waals surface area contributed by atoms with Crippen LogP contribution >= 0.6 is 23.2 Å². The Morgan fingerprint density at radius 3 is 2.62 bits per heavy atom. The second-order valence-electron chi connectivity index (χ2n) is 9.20. The smallest absolute Gasteiger partial charge is 0.152 e. The van der Waals surface area contributed by atoms with Gasteiger partial charge in [-0.25, -0.2) is 0 Å². The fourth-order valence-corrected chi connectivity index (χ4v) is 5.32. The number of nitrogens with zero attached hydrogens (tertiary/aromatic N) is 3. The Labute approximate surface area is 237 Å². The van der Waals surface area contributed by atoms with Gasteiger partial charge in [0.15, 0.2) is 5.75 Å². The summed E-state index contributed by atoms with van der Waals surface area (Å²) in [7, 11) is 3.17. The Morgan fingerprint density at radius 1 is 1.05 bits per heavy atom. The summed E-state index contributed by atoms with van der Waals surface area (Å²) in [5, 5.41) is 14.7. The second kappa shape index (κ2) is 12.1. The van der Waals surface area contributed by atoms with E-state index in [2.05, 4.69) is 45.5 Å². The minimum Gasteiger partial charge on any atom is -0.495 e. The van der Waals surface area contributed by atoms with Gasteiger partial charge in [-0.2, -0.15) is 5.26 Å². The van der Waals surface area contributed by atoms with Crippen molar-refractivity contribution in [1.82, 2.24) is 9.88 Å². The van der Waals surface area contributed by atoms with Gasteiger partial charge in [-0.3, -0.25) is 9.88 Å². The molecule has 1 aliphatic rings. The molecule has 1 fully saturated rings. The van der Waals surface area contributed by atoms with Crippen LogP contribution in [0, 0.1) is 11.3 Å². The number of aromatic nitrogens is 1. The molecule has 0 radical (unpaired) electrons. The van der Waals surface area contributed by atoms with E-state index in [9.17, 15) is 5.26 Å². The summed E-state index contributed by atoms with van der Waals surface area (Å²) in [5.41, 5.74) is 5.34. The molecule has 0 atom stereocenters. The molecule has 0 aliphatic carbocycles. The number of rotatable bonds is 8. The molecular formula is C30H28Cl2N4O3. The van der Waals surface area contributed by atoms with E-state index in [-0.39, 0.29) is 0 Å². The van der Waals surface area contributed by atoms with E-state index in [0.29, 0.717) is 44.0 Å². The van der Waals surface area contributed by atoms with Crippen LogP contribution in [-0.2, 0) is 11.2 Å². The zero-order valence-corrected chi connectivity index (χ0v) is 23.3. The first-order chi connectivity index (χ1) is 19.0. The molecule has 0 bridgehead atoms. The summed E-state index contributed by atoms with van der Waals surface area (Å²) in [6, 6.07) is 18.0. The zero-order chi connectivity index (χ0) is 27.4. The first-order valence-corrected chi connectivity index (χ1v) is 13.4. The predicted octanol–water partition coefficient (Wildman–Crippen LogP) is 6.72. The third-order valence-electron chi connectivity index (χ3n) is 6.88. The van der Waals surface area contributed by atoms with E-state index >= 15 is 0 Å². The summed E-state index contributed by atoms with van der Waals surface area (Å²) in [5.74, 6) is 1.10. The monoisotopic (exact) mass is 562 g/mol. The summed E-state index contributed by atoms with van der Waals surface area (Å²) in [4.78, 5) is 7.05. The van der Waals surface area contributed by atoms with E-state index in [4.69, 9.17) is 37.4 Å². The maximum absolute atomic E-state index is 9.85. The minimum atomic E-state index is 0.368. The molecule has 2 heterocycles. The maximum Gasteiger partial charge on any atom is 0.152 e. The summed E-state index contributed by atoms with van der Waals surface area (Å²) in [6.07, 6.45) is 2.49. The van der Waals surface area contributed by atoms with Crippen LogP contribution in [-0.4, -0.2) is 57.0 Å². The Balaban J connectivity index is 1.52. The maximum atomic E-state index is 9.85. The van der Waals surface area contributed by atoms with Gasteiger partial charge in [0.2, 0.25) is 0 Å². The van der Waals surface area contributed by atoms with Crippen LogP contribution in [0.4, 0.5) is 11.4 Å². The topological polar surface area (TPSA) is 79.6 Å². The molecule has 7 nitrogen and oxygen atoms in total. The third kappa shape index (κ3) is 5.75. The number of pyridine rings is 1. The van der Waals surface area contributed by atoms with E-state index in [0.717, 1.165) is 55.8 Å². The van der Waals surface area contributed by atoms with Crippen molar-refractivity contribution in [3.05, 3.63) is 75.9 Å². The molecule has 39 heavy (non-hydrogen) atoms. The minimum absolute atomic E-state index is 0.368. The summed E-state index contributed by atoms with van der Waals surface area (Å²) < 4.78 is 16.7. The van der Waals surface area contributed by atoms with Gasteiger partial charge < -0.3 is 19.5 Å². The lowest BCUT2D eigenvalue weighted by Gasteiger charge is -2.26. The molecule has 3 aromatic carbocycles. The van der Waals surface area contributed by atoms with Crippen LogP contribution in [0.25, 0.3) is 22.0 Å². The van der Waals surface area contributed by atoms with Crippen molar-refractivity contribution < 1.29 is 14.2 Å². The highest BCUT2D eigenvalue weighted by Gasteiger charge is 2.19.